The molecule has 0 saturated carbocycles. The van der Waals surface area contributed by atoms with E-state index in [1.807, 2.05) is 24.3 Å². The fourth-order valence-corrected chi connectivity index (χ4v) is 3.14. The Hall–Kier alpha value is -3.59. The molecule has 0 fully saturated rings. The van der Waals surface area contributed by atoms with Gasteiger partial charge in [0.1, 0.15) is 22.8 Å². The number of methoxy groups -OCH3 is 2. The molecule has 1 heterocycles. The molecule has 0 saturated heterocycles. The number of aromatic nitrogens is 1. The Balaban J connectivity index is 1.55. The first-order valence-electron chi connectivity index (χ1n) is 8.44. The molecule has 0 bridgehead atoms. The topological polar surface area (TPSA) is 107 Å². The monoisotopic (exact) mass is 414 g/mol. The van der Waals surface area contributed by atoms with Crippen molar-refractivity contribution in [2.45, 2.75) is 0 Å². The number of nitrogens with zero attached hydrogens (tertiary/aromatic N) is 1. The van der Waals surface area contributed by atoms with E-state index in [1.54, 1.807) is 12.5 Å². The van der Waals surface area contributed by atoms with Gasteiger partial charge in [-0.15, -0.1) is 11.3 Å². The van der Waals surface area contributed by atoms with Gasteiger partial charge < -0.3 is 19.3 Å². The van der Waals surface area contributed by atoms with Gasteiger partial charge in [0.15, 0.2) is 11.7 Å². The number of carbonyl (C=O) groups excluding carboxylic acids is 2. The van der Waals surface area contributed by atoms with Crippen LogP contribution in [0.1, 0.15) is 10.4 Å². The van der Waals surface area contributed by atoms with Gasteiger partial charge in [0.25, 0.3) is 5.91 Å². The molecule has 0 aliphatic carbocycles. The largest absolute Gasteiger partial charge is 0.507 e. The van der Waals surface area contributed by atoms with Crippen LogP contribution < -0.4 is 14.8 Å². The third kappa shape index (κ3) is 5.02. The fraction of sp³-hybridized carbons (Fsp3) is 0.150. The van der Waals surface area contributed by atoms with E-state index >= 15 is 0 Å². The van der Waals surface area contributed by atoms with Crippen molar-refractivity contribution in [1.82, 2.24) is 4.98 Å². The van der Waals surface area contributed by atoms with E-state index in [9.17, 15) is 14.7 Å². The van der Waals surface area contributed by atoms with Crippen LogP contribution in [0.5, 0.6) is 17.2 Å². The number of hydrogen-bond donors (Lipinski definition) is 2. The summed E-state index contributed by atoms with van der Waals surface area (Å²) in [6, 6.07) is 11.5. The van der Waals surface area contributed by atoms with E-state index in [0.29, 0.717) is 16.6 Å². The van der Waals surface area contributed by atoms with Gasteiger partial charge >= 0.3 is 5.97 Å². The lowest BCUT2D eigenvalue weighted by Gasteiger charge is -2.07. The third-order valence-corrected chi connectivity index (χ3v) is 4.65. The normalized spacial score (nSPS) is 10.3. The number of hydrogen-bond acceptors (Lipinski definition) is 8. The van der Waals surface area contributed by atoms with Gasteiger partial charge in [-0.05, 0) is 36.4 Å². The first kappa shape index (κ1) is 20.2. The number of amides is 1. The quantitative estimate of drug-likeness (QED) is 0.571. The number of phenolic OH excluding ortho intramolecular Hbond substituents is 1. The minimum atomic E-state index is -0.821. The van der Waals surface area contributed by atoms with E-state index in [-0.39, 0.29) is 11.3 Å². The summed E-state index contributed by atoms with van der Waals surface area (Å²) in [5, 5.41) is 14.6. The molecule has 2 aromatic carbocycles. The Bertz CT molecular complexity index is 1020. The number of benzene rings is 2. The molecule has 8 nitrogen and oxygen atoms in total. The van der Waals surface area contributed by atoms with Gasteiger partial charge in [0, 0.05) is 17.0 Å². The molecule has 0 unspecified atom stereocenters. The number of aromatic hydroxyl groups is 1. The zero-order chi connectivity index (χ0) is 20.8. The number of ether oxygens (including phenoxy) is 3. The number of thiazole rings is 1. The van der Waals surface area contributed by atoms with Crippen LogP contribution in [0.4, 0.5) is 5.13 Å². The van der Waals surface area contributed by atoms with E-state index in [2.05, 4.69) is 10.3 Å². The maximum absolute atomic E-state index is 12.0. The lowest BCUT2D eigenvalue weighted by molar-refractivity contribution is -0.119. The second-order valence-corrected chi connectivity index (χ2v) is 6.63. The summed E-state index contributed by atoms with van der Waals surface area (Å²) in [5.74, 6) is -0.519. The summed E-state index contributed by atoms with van der Waals surface area (Å²) in [5.41, 5.74) is 1.52. The van der Waals surface area contributed by atoms with Crippen LogP contribution in [0.3, 0.4) is 0 Å². The smallest absolute Gasteiger partial charge is 0.342 e. The van der Waals surface area contributed by atoms with Gasteiger partial charge in [-0.3, -0.25) is 10.1 Å². The number of anilines is 1. The number of carbonyl (C=O) groups is 2. The third-order valence-electron chi connectivity index (χ3n) is 3.90. The fourth-order valence-electron chi connectivity index (χ4n) is 2.40. The van der Waals surface area contributed by atoms with Crippen molar-refractivity contribution < 1.29 is 28.9 Å². The summed E-state index contributed by atoms with van der Waals surface area (Å²) < 4.78 is 15.0. The molecule has 3 aromatic rings. The summed E-state index contributed by atoms with van der Waals surface area (Å²) in [4.78, 5) is 28.4. The van der Waals surface area contributed by atoms with Crippen LogP contribution in [0, 0.1) is 0 Å². The molecule has 0 radical (unpaired) electrons. The van der Waals surface area contributed by atoms with Gasteiger partial charge in [0.05, 0.1) is 19.9 Å². The highest BCUT2D eigenvalue weighted by Gasteiger charge is 2.16. The Kier molecular flexibility index (Phi) is 6.30. The molecule has 9 heteroatoms. The predicted molar refractivity (Wildman–Crippen MR) is 108 cm³/mol. The van der Waals surface area contributed by atoms with E-state index in [4.69, 9.17) is 14.2 Å². The highest BCUT2D eigenvalue weighted by Crippen LogP contribution is 2.27. The molecule has 1 amide bonds. The molecule has 3 rings (SSSR count). The van der Waals surface area contributed by atoms with Gasteiger partial charge in [0.2, 0.25) is 0 Å². The molecular formula is C20H18N2O6S. The Morgan fingerprint density at radius 1 is 1.07 bits per heavy atom. The molecule has 150 valence electrons. The molecule has 0 atom stereocenters. The average Bonchev–Trinajstić information content (AvgIpc) is 3.20. The van der Waals surface area contributed by atoms with Gasteiger partial charge in [-0.2, -0.15) is 0 Å². The highest BCUT2D eigenvalue weighted by molar-refractivity contribution is 7.14. The van der Waals surface area contributed by atoms with Crippen molar-refractivity contribution in [1.29, 1.82) is 0 Å². The van der Waals surface area contributed by atoms with Crippen molar-refractivity contribution >= 4 is 28.3 Å². The van der Waals surface area contributed by atoms with Crippen molar-refractivity contribution in [3.8, 4) is 28.5 Å². The van der Waals surface area contributed by atoms with Crippen molar-refractivity contribution in [3.63, 3.8) is 0 Å². The highest BCUT2D eigenvalue weighted by atomic mass is 32.1. The SMILES string of the molecule is COc1ccc(-c2csc(NC(=O)COC(=O)c3ccc(OC)cc3O)n2)cc1. The van der Waals surface area contributed by atoms with Crippen LogP contribution in [-0.2, 0) is 9.53 Å². The lowest BCUT2D eigenvalue weighted by Crippen LogP contribution is -2.20. The molecule has 1 aromatic heterocycles. The second kappa shape index (κ2) is 9.07. The Morgan fingerprint density at radius 2 is 1.76 bits per heavy atom. The molecule has 29 heavy (non-hydrogen) atoms. The molecule has 0 aliphatic heterocycles. The second-order valence-electron chi connectivity index (χ2n) is 5.77. The average molecular weight is 414 g/mol. The summed E-state index contributed by atoms with van der Waals surface area (Å²) >= 11 is 1.25. The first-order chi connectivity index (χ1) is 14.0. The summed E-state index contributed by atoms with van der Waals surface area (Å²) in [6.45, 7) is -0.512. The van der Waals surface area contributed by atoms with E-state index in [0.717, 1.165) is 11.3 Å². The number of phenols is 1. The molecule has 0 aliphatic rings. The van der Waals surface area contributed by atoms with E-state index in [1.165, 1.54) is 36.6 Å². The van der Waals surface area contributed by atoms with Crippen LogP contribution in [0.2, 0.25) is 0 Å². The molecular weight excluding hydrogens is 396 g/mol. The van der Waals surface area contributed by atoms with Crippen LogP contribution in [0.15, 0.2) is 47.8 Å². The zero-order valence-electron chi connectivity index (χ0n) is 15.7. The number of nitrogens with one attached hydrogen (secondary N) is 1. The first-order valence-corrected chi connectivity index (χ1v) is 9.32. The van der Waals surface area contributed by atoms with Crippen molar-refractivity contribution in [2.24, 2.45) is 0 Å². The lowest BCUT2D eigenvalue weighted by atomic mass is 10.2. The van der Waals surface area contributed by atoms with Crippen molar-refractivity contribution in [2.75, 3.05) is 26.1 Å². The van der Waals surface area contributed by atoms with Crippen molar-refractivity contribution in [3.05, 3.63) is 53.4 Å². The van der Waals surface area contributed by atoms with Crippen LogP contribution in [0.25, 0.3) is 11.3 Å². The summed E-state index contributed by atoms with van der Waals surface area (Å²) in [7, 11) is 3.03. The minimum Gasteiger partial charge on any atom is -0.507 e. The van der Waals surface area contributed by atoms with Crippen LogP contribution in [-0.4, -0.2) is 42.8 Å². The predicted octanol–water partition coefficient (Wildman–Crippen LogP) is 3.33. The maximum atomic E-state index is 12.0. The molecule has 0 spiro atoms. The maximum Gasteiger partial charge on any atom is 0.342 e. The molecule has 2 N–H and O–H groups in total. The van der Waals surface area contributed by atoms with Gasteiger partial charge in [-0.1, -0.05) is 0 Å². The number of rotatable bonds is 7. The Labute approximate surface area is 170 Å². The van der Waals surface area contributed by atoms with Crippen LogP contribution >= 0.6 is 11.3 Å². The Morgan fingerprint density at radius 3 is 2.41 bits per heavy atom. The van der Waals surface area contributed by atoms with E-state index < -0.39 is 18.5 Å². The standard InChI is InChI=1S/C20H18N2O6S/c1-26-13-5-3-12(4-6-13)16-11-29-20(21-16)22-18(24)10-28-19(25)15-8-7-14(27-2)9-17(15)23/h3-9,11,23H,10H2,1-2H3,(H,21,22,24). The minimum absolute atomic E-state index is 0.0605. The zero-order valence-corrected chi connectivity index (χ0v) is 16.5. The summed E-state index contributed by atoms with van der Waals surface area (Å²) in [6.07, 6.45) is 0. The number of esters is 1. The van der Waals surface area contributed by atoms with Gasteiger partial charge in [-0.25, -0.2) is 9.78 Å².